The highest BCUT2D eigenvalue weighted by Crippen LogP contribution is 2.27. The third-order valence-electron chi connectivity index (χ3n) is 4.37. The molecule has 0 saturated carbocycles. The summed E-state index contributed by atoms with van der Waals surface area (Å²) in [4.78, 5) is 24.2. The van der Waals surface area contributed by atoms with Gasteiger partial charge in [-0.25, -0.2) is 13.2 Å². The van der Waals surface area contributed by atoms with E-state index in [1.54, 1.807) is 37.4 Å². The first-order chi connectivity index (χ1) is 13.2. The number of hydrogen-bond acceptors (Lipinski definition) is 4. The minimum Gasteiger partial charge on any atom is -0.356 e. The van der Waals surface area contributed by atoms with Gasteiger partial charge in [-0.3, -0.25) is 9.52 Å². The summed E-state index contributed by atoms with van der Waals surface area (Å²) in [7, 11) is -2.07. The number of anilines is 2. The van der Waals surface area contributed by atoms with Crippen molar-refractivity contribution in [1.29, 1.82) is 0 Å². The zero-order valence-electron chi connectivity index (χ0n) is 15.7. The molecule has 8 nitrogen and oxygen atoms in total. The highest BCUT2D eigenvalue weighted by atomic mass is 32.2. The van der Waals surface area contributed by atoms with Gasteiger partial charge in [0, 0.05) is 38.4 Å². The fourth-order valence-electron chi connectivity index (χ4n) is 2.88. The Morgan fingerprint density at radius 2 is 1.89 bits per heavy atom. The van der Waals surface area contributed by atoms with Crippen LogP contribution >= 0.6 is 0 Å². The lowest BCUT2D eigenvalue weighted by atomic mass is 10.1. The molecule has 1 aliphatic rings. The molecule has 3 rings (SSSR count). The summed E-state index contributed by atoms with van der Waals surface area (Å²) in [6.45, 7) is 2.35. The SMILES string of the molecule is CC(=O)NCCc1ccc(S(=O)(=O)Nc2ccc3c(c2)CN(C)C(=O)N3)cc1. The monoisotopic (exact) mass is 402 g/mol. The summed E-state index contributed by atoms with van der Waals surface area (Å²) >= 11 is 0. The summed E-state index contributed by atoms with van der Waals surface area (Å²) in [5.74, 6) is -0.0980. The Labute approximate surface area is 164 Å². The number of carbonyl (C=O) groups is 2. The second-order valence-corrected chi connectivity index (χ2v) is 8.32. The normalized spacial score (nSPS) is 13.5. The number of nitrogens with one attached hydrogen (secondary N) is 3. The van der Waals surface area contributed by atoms with E-state index in [0.29, 0.717) is 30.9 Å². The van der Waals surface area contributed by atoms with Crippen LogP contribution in [0.3, 0.4) is 0 Å². The van der Waals surface area contributed by atoms with E-state index >= 15 is 0 Å². The standard InChI is InChI=1S/C19H22N4O4S/c1-13(24)20-10-9-14-3-6-17(7-4-14)28(26,27)22-16-5-8-18-15(11-16)12-23(2)19(25)21-18/h3-8,11,22H,9-10,12H2,1-2H3,(H,20,24)(H,21,25). The molecule has 2 aromatic rings. The van der Waals surface area contributed by atoms with Crippen molar-refractivity contribution in [2.75, 3.05) is 23.6 Å². The average Bonchev–Trinajstić information content (AvgIpc) is 2.63. The summed E-state index contributed by atoms with van der Waals surface area (Å²) in [6, 6.07) is 11.4. The third kappa shape index (κ3) is 4.61. The molecule has 0 atom stereocenters. The van der Waals surface area contributed by atoms with Crippen molar-refractivity contribution >= 4 is 33.3 Å². The fourth-order valence-corrected chi connectivity index (χ4v) is 3.93. The second-order valence-electron chi connectivity index (χ2n) is 6.64. The van der Waals surface area contributed by atoms with Crippen LogP contribution < -0.4 is 15.4 Å². The molecule has 1 aliphatic heterocycles. The lowest BCUT2D eigenvalue weighted by molar-refractivity contribution is -0.118. The van der Waals surface area contributed by atoms with Crippen molar-refractivity contribution in [2.45, 2.75) is 24.8 Å². The second kappa shape index (κ2) is 7.89. The van der Waals surface area contributed by atoms with Crippen LogP contribution in [-0.4, -0.2) is 38.8 Å². The van der Waals surface area contributed by atoms with Crippen LogP contribution in [0, 0.1) is 0 Å². The van der Waals surface area contributed by atoms with E-state index in [0.717, 1.165) is 11.1 Å². The van der Waals surface area contributed by atoms with E-state index in [1.165, 1.54) is 24.0 Å². The Hall–Kier alpha value is -3.07. The quantitative estimate of drug-likeness (QED) is 0.688. The molecule has 28 heavy (non-hydrogen) atoms. The first-order valence-corrected chi connectivity index (χ1v) is 10.2. The van der Waals surface area contributed by atoms with E-state index in [9.17, 15) is 18.0 Å². The number of urea groups is 1. The van der Waals surface area contributed by atoms with Gasteiger partial charge in [-0.05, 0) is 47.9 Å². The number of hydrogen-bond donors (Lipinski definition) is 3. The van der Waals surface area contributed by atoms with Crippen LogP contribution in [0.2, 0.25) is 0 Å². The maximum Gasteiger partial charge on any atom is 0.321 e. The summed E-state index contributed by atoms with van der Waals surface area (Å²) < 4.78 is 27.9. The topological polar surface area (TPSA) is 108 Å². The van der Waals surface area contributed by atoms with Crippen LogP contribution in [0.1, 0.15) is 18.1 Å². The van der Waals surface area contributed by atoms with Crippen molar-refractivity contribution in [3.05, 3.63) is 53.6 Å². The molecule has 9 heteroatoms. The van der Waals surface area contributed by atoms with Gasteiger partial charge in [0.25, 0.3) is 10.0 Å². The maximum atomic E-state index is 12.7. The zero-order chi connectivity index (χ0) is 20.3. The molecule has 3 N–H and O–H groups in total. The maximum absolute atomic E-state index is 12.7. The number of nitrogens with zero attached hydrogens (tertiary/aromatic N) is 1. The van der Waals surface area contributed by atoms with E-state index in [-0.39, 0.29) is 16.8 Å². The van der Waals surface area contributed by atoms with Gasteiger partial charge < -0.3 is 15.5 Å². The predicted octanol–water partition coefficient (Wildman–Crippen LogP) is 2.14. The van der Waals surface area contributed by atoms with E-state index in [2.05, 4.69) is 15.4 Å². The summed E-state index contributed by atoms with van der Waals surface area (Å²) in [5, 5.41) is 5.45. The minimum atomic E-state index is -3.74. The van der Waals surface area contributed by atoms with Gasteiger partial charge in [-0.1, -0.05) is 12.1 Å². The van der Waals surface area contributed by atoms with Crippen molar-refractivity contribution in [2.24, 2.45) is 0 Å². The van der Waals surface area contributed by atoms with E-state index in [4.69, 9.17) is 0 Å². The fraction of sp³-hybridized carbons (Fsp3) is 0.263. The lowest BCUT2D eigenvalue weighted by Crippen LogP contribution is -2.35. The molecule has 0 fully saturated rings. The molecule has 0 radical (unpaired) electrons. The Bertz CT molecular complexity index is 1000. The molecule has 148 valence electrons. The van der Waals surface area contributed by atoms with Crippen molar-refractivity contribution in [3.63, 3.8) is 0 Å². The van der Waals surface area contributed by atoms with Crippen molar-refractivity contribution in [3.8, 4) is 0 Å². The van der Waals surface area contributed by atoms with Crippen LogP contribution in [0.15, 0.2) is 47.4 Å². The number of carbonyl (C=O) groups excluding carboxylic acids is 2. The lowest BCUT2D eigenvalue weighted by Gasteiger charge is -2.26. The largest absolute Gasteiger partial charge is 0.356 e. The zero-order valence-corrected chi connectivity index (χ0v) is 16.5. The molecule has 1 heterocycles. The molecule has 2 aromatic carbocycles. The summed E-state index contributed by atoms with van der Waals surface area (Å²) in [5.41, 5.74) is 2.86. The van der Waals surface area contributed by atoms with Gasteiger partial charge in [0.2, 0.25) is 5.91 Å². The van der Waals surface area contributed by atoms with Crippen molar-refractivity contribution in [1.82, 2.24) is 10.2 Å². The third-order valence-corrected chi connectivity index (χ3v) is 5.77. The van der Waals surface area contributed by atoms with E-state index < -0.39 is 10.0 Å². The Kier molecular flexibility index (Phi) is 5.55. The molecular weight excluding hydrogens is 380 g/mol. The van der Waals surface area contributed by atoms with Crippen molar-refractivity contribution < 1.29 is 18.0 Å². The number of fused-ring (bicyclic) bond motifs is 1. The molecule has 0 aliphatic carbocycles. The molecule has 0 spiro atoms. The Morgan fingerprint density at radius 3 is 2.57 bits per heavy atom. The number of rotatable bonds is 6. The predicted molar refractivity (Wildman–Crippen MR) is 107 cm³/mol. The van der Waals surface area contributed by atoms with Gasteiger partial charge in [-0.15, -0.1) is 0 Å². The van der Waals surface area contributed by atoms with Gasteiger partial charge in [0.05, 0.1) is 4.90 Å². The first kappa shape index (κ1) is 19.7. The average molecular weight is 402 g/mol. The van der Waals surface area contributed by atoms with Crippen LogP contribution in [-0.2, 0) is 27.8 Å². The first-order valence-electron chi connectivity index (χ1n) is 8.76. The molecule has 0 aromatic heterocycles. The molecule has 0 unspecified atom stereocenters. The van der Waals surface area contributed by atoms with E-state index in [1.807, 2.05) is 0 Å². The number of amides is 3. The van der Waals surface area contributed by atoms with Gasteiger partial charge in [0.1, 0.15) is 0 Å². The molecular formula is C19H22N4O4S. The van der Waals surface area contributed by atoms with Crippen LogP contribution in [0.5, 0.6) is 0 Å². The minimum absolute atomic E-state index is 0.0980. The summed E-state index contributed by atoms with van der Waals surface area (Å²) in [6.07, 6.45) is 0.622. The Balaban J connectivity index is 1.71. The highest BCUT2D eigenvalue weighted by molar-refractivity contribution is 7.92. The van der Waals surface area contributed by atoms with Gasteiger partial charge in [-0.2, -0.15) is 0 Å². The molecule has 0 bridgehead atoms. The highest BCUT2D eigenvalue weighted by Gasteiger charge is 2.20. The molecule has 0 saturated heterocycles. The van der Waals surface area contributed by atoms with Gasteiger partial charge >= 0.3 is 6.03 Å². The van der Waals surface area contributed by atoms with Crippen LogP contribution in [0.25, 0.3) is 0 Å². The molecule has 3 amide bonds. The number of benzene rings is 2. The smallest absolute Gasteiger partial charge is 0.321 e. The Morgan fingerprint density at radius 1 is 1.18 bits per heavy atom. The van der Waals surface area contributed by atoms with Gasteiger partial charge in [0.15, 0.2) is 0 Å². The number of sulfonamides is 1. The van der Waals surface area contributed by atoms with Crippen LogP contribution in [0.4, 0.5) is 16.2 Å².